The van der Waals surface area contributed by atoms with Gasteiger partial charge >= 0.3 is 47.6 Å². The van der Waals surface area contributed by atoms with Crippen LogP contribution in [-0.2, 0) is 64.7 Å². The molecule has 36 heteroatoms. The Bertz CT molecular complexity index is 3450. The lowest BCUT2D eigenvalue weighted by Gasteiger charge is -2.16. The molecule has 4 N–H and O–H groups in total. The molecule has 2 atom stereocenters. The molecule has 0 bridgehead atoms. The SMILES string of the molecule is C.CC(=O)O.CCOC(=O)CN1C(=O)C(CC(=O)O)SC1=Nc1cc(-n2c(=O)cc(C(F)(F)F)n(C)c2=O)c(F)cc1Cl.Cn1c(C(F)(F)F)cc(=O)n(-c2cc(N=C3SC(CC(=O)O)C(=O)N3CC(=O)O)c(Cl)cc2F)c1=O. The number of carbonyl (C=O) groups excluding carboxylic acids is 3. The predicted molar refractivity (Wildman–Crippen MR) is 264 cm³/mol. The van der Waals surface area contributed by atoms with E-state index in [0.29, 0.717) is 40.6 Å². The van der Waals surface area contributed by atoms with Gasteiger partial charge in [0.05, 0.1) is 52.2 Å². The van der Waals surface area contributed by atoms with Crippen molar-refractivity contribution in [3.8, 4) is 11.4 Å². The van der Waals surface area contributed by atoms with Crippen LogP contribution in [0.3, 0.4) is 0 Å². The molecule has 0 saturated carbocycles. The molecule has 2 unspecified atom stereocenters. The number of aromatic nitrogens is 4. The number of hydrogen-bond donors (Lipinski definition) is 4. The summed E-state index contributed by atoms with van der Waals surface area (Å²) in [4.78, 5) is 139. The number of rotatable bonds is 13. The number of benzene rings is 2. The van der Waals surface area contributed by atoms with E-state index in [1.165, 1.54) is 6.92 Å². The lowest BCUT2D eigenvalue weighted by Crippen LogP contribution is -2.41. The molecule has 0 radical (unpaired) electrons. The van der Waals surface area contributed by atoms with Gasteiger partial charge in [0, 0.05) is 33.2 Å². The minimum Gasteiger partial charge on any atom is -0.481 e. The Hall–Kier alpha value is -7.85. The van der Waals surface area contributed by atoms with Crippen molar-refractivity contribution in [2.75, 3.05) is 19.7 Å². The van der Waals surface area contributed by atoms with E-state index >= 15 is 0 Å². The number of carbonyl (C=O) groups is 7. The molecule has 2 aliphatic rings. The summed E-state index contributed by atoms with van der Waals surface area (Å²) in [5.74, 6) is -9.98. The third kappa shape index (κ3) is 15.9. The number of halogens is 10. The maximum absolute atomic E-state index is 14.8. The number of aliphatic carboxylic acids is 4. The van der Waals surface area contributed by atoms with Gasteiger partial charge in [0.2, 0.25) is 11.8 Å². The molecule has 2 fully saturated rings. The summed E-state index contributed by atoms with van der Waals surface area (Å²) < 4.78 is 114. The fourth-order valence-electron chi connectivity index (χ4n) is 6.54. The molecule has 428 valence electrons. The van der Waals surface area contributed by atoms with Gasteiger partial charge in [0.25, 0.3) is 17.1 Å². The van der Waals surface area contributed by atoms with Crippen molar-refractivity contribution in [2.24, 2.45) is 24.1 Å². The van der Waals surface area contributed by atoms with Crippen molar-refractivity contribution in [3.05, 3.63) is 111 Å². The molecule has 79 heavy (non-hydrogen) atoms. The van der Waals surface area contributed by atoms with Crippen molar-refractivity contribution in [1.29, 1.82) is 0 Å². The minimum atomic E-state index is -5.05. The number of thioether (sulfide) groups is 2. The van der Waals surface area contributed by atoms with Gasteiger partial charge in [0.15, 0.2) is 10.3 Å². The van der Waals surface area contributed by atoms with Crippen LogP contribution in [0.5, 0.6) is 0 Å². The molecule has 4 aromatic rings. The van der Waals surface area contributed by atoms with Gasteiger partial charge in [-0.05, 0) is 31.2 Å². The smallest absolute Gasteiger partial charge is 0.431 e. The summed E-state index contributed by atoms with van der Waals surface area (Å²) in [6.45, 7) is 1.06. The van der Waals surface area contributed by atoms with E-state index in [4.69, 9.17) is 53.2 Å². The Morgan fingerprint density at radius 1 is 0.620 bits per heavy atom. The second-order valence-corrected chi connectivity index (χ2v) is 18.5. The number of amides is 2. The number of ether oxygens (including phenoxy) is 1. The number of alkyl halides is 6. The highest BCUT2D eigenvalue weighted by molar-refractivity contribution is 8.15. The molecule has 6 rings (SSSR count). The van der Waals surface area contributed by atoms with E-state index in [1.807, 2.05) is 0 Å². The molecule has 0 spiro atoms. The summed E-state index contributed by atoms with van der Waals surface area (Å²) in [6, 6.07) is 3.00. The Kier molecular flexibility index (Phi) is 21.7. The van der Waals surface area contributed by atoms with E-state index in [0.717, 1.165) is 38.1 Å². The Balaban J connectivity index is 0.000000385. The molecule has 2 saturated heterocycles. The molecular weight excluding hydrogens is 1170 g/mol. The first-order valence-electron chi connectivity index (χ1n) is 20.9. The first-order valence-corrected chi connectivity index (χ1v) is 23.4. The van der Waals surface area contributed by atoms with Crippen LogP contribution >= 0.6 is 46.7 Å². The van der Waals surface area contributed by atoms with Crippen LogP contribution in [0.4, 0.5) is 46.5 Å². The van der Waals surface area contributed by atoms with Crippen molar-refractivity contribution < 1.29 is 93.8 Å². The van der Waals surface area contributed by atoms with Crippen molar-refractivity contribution >= 4 is 110 Å². The van der Waals surface area contributed by atoms with E-state index in [9.17, 15) is 83.1 Å². The topological polar surface area (TPSA) is 329 Å². The molecule has 4 heterocycles. The highest BCUT2D eigenvalue weighted by atomic mass is 35.5. The summed E-state index contributed by atoms with van der Waals surface area (Å²) in [5.41, 5.74) is -11.5. The zero-order valence-corrected chi connectivity index (χ0v) is 42.7. The van der Waals surface area contributed by atoms with Crippen molar-refractivity contribution in [1.82, 2.24) is 28.1 Å². The van der Waals surface area contributed by atoms with Gasteiger partial charge in [0.1, 0.15) is 46.6 Å². The third-order valence-corrected chi connectivity index (χ3v) is 12.8. The average Bonchev–Trinajstić information content (AvgIpc) is 3.74. The maximum Gasteiger partial charge on any atom is 0.431 e. The van der Waals surface area contributed by atoms with Crippen LogP contribution in [-0.4, -0.2) is 131 Å². The standard InChI is InChI=1S/C21H17ClF4N4O7S.C19H13ClF4N4O7S.C2H4O2.CH4/c1-3-37-17(34)8-29-18(35)13(6-16(32)33)38-19(29)27-11-5-12(10(23)4-9(11)22)30-15(31)7-14(21(24,25)26)28(2)20(30)36;1-26-12(19(22,23)24)5-13(29)28(18(26)35)10-3-9(7(20)2-8(10)21)25-17-27(6-15(32)33)16(34)11(36-17)4-14(30)31;1-2(3)4;/h4-5,7,13H,3,6,8H2,1-2H3,(H,32,33);2-3,5,11H,4,6H2,1H3,(H,30,31)(H,32,33);1H3,(H,3,4);1H4. The van der Waals surface area contributed by atoms with Crippen LogP contribution in [0.15, 0.2) is 65.6 Å². The largest absolute Gasteiger partial charge is 0.481 e. The zero-order chi connectivity index (χ0) is 59.2. The highest BCUT2D eigenvalue weighted by Gasteiger charge is 2.42. The number of amidine groups is 2. The number of carboxylic acid groups (broad SMARTS) is 4. The Morgan fingerprint density at radius 3 is 1.27 bits per heavy atom. The monoisotopic (exact) mass is 1210 g/mol. The number of aliphatic imine (C=N–C) groups is 2. The van der Waals surface area contributed by atoms with Crippen LogP contribution in [0.2, 0.25) is 10.0 Å². The fraction of sp³-hybridized carbons (Fsp3) is 0.326. The predicted octanol–water partition coefficient (Wildman–Crippen LogP) is 4.88. The summed E-state index contributed by atoms with van der Waals surface area (Å²) in [7, 11) is 1.47. The maximum atomic E-state index is 14.8. The second-order valence-electron chi connectivity index (χ2n) is 15.4. The van der Waals surface area contributed by atoms with Crippen molar-refractivity contribution in [3.63, 3.8) is 0 Å². The quantitative estimate of drug-likeness (QED) is 0.102. The number of carboxylic acids is 4. The van der Waals surface area contributed by atoms with Gasteiger partial charge in [-0.1, -0.05) is 54.2 Å². The molecule has 24 nitrogen and oxygen atoms in total. The van der Waals surface area contributed by atoms with E-state index in [2.05, 4.69) is 9.98 Å². The van der Waals surface area contributed by atoms with Crippen LogP contribution in [0, 0.1) is 11.6 Å². The average molecular weight is 1210 g/mol. The first kappa shape index (κ1) is 65.4. The van der Waals surface area contributed by atoms with Crippen molar-refractivity contribution in [2.45, 2.75) is 57.0 Å². The normalized spacial score (nSPS) is 16.2. The zero-order valence-electron chi connectivity index (χ0n) is 39.5. The third-order valence-electron chi connectivity index (χ3n) is 9.81. The summed E-state index contributed by atoms with van der Waals surface area (Å²) >= 11 is 13.3. The second kappa shape index (κ2) is 26.2. The van der Waals surface area contributed by atoms with E-state index in [1.54, 1.807) is 0 Å². The van der Waals surface area contributed by atoms with Crippen LogP contribution in [0.25, 0.3) is 11.4 Å². The molecule has 2 aromatic heterocycles. The Morgan fingerprint density at radius 2 is 0.962 bits per heavy atom. The molecule has 2 aromatic carbocycles. The van der Waals surface area contributed by atoms with Gasteiger partial charge < -0.3 is 25.2 Å². The number of esters is 1. The Labute approximate surface area is 453 Å². The lowest BCUT2D eigenvalue weighted by molar-refractivity contribution is -0.146. The fourth-order valence-corrected chi connectivity index (χ4v) is 9.21. The summed E-state index contributed by atoms with van der Waals surface area (Å²) in [6.07, 6.45) is -11.4. The molecule has 0 aliphatic carbocycles. The van der Waals surface area contributed by atoms with Gasteiger partial charge in [-0.15, -0.1) is 0 Å². The van der Waals surface area contributed by atoms with Crippen LogP contribution in [0.1, 0.15) is 45.5 Å². The molecule has 2 amide bonds. The molecular formula is C43H38Cl2F8N8O16S2. The minimum absolute atomic E-state index is 0. The van der Waals surface area contributed by atoms with Gasteiger partial charge in [-0.3, -0.25) is 62.1 Å². The lowest BCUT2D eigenvalue weighted by atomic mass is 10.2. The van der Waals surface area contributed by atoms with Crippen LogP contribution < -0.4 is 22.5 Å². The first-order chi connectivity index (χ1) is 36.0. The molecule has 2 aliphatic heterocycles. The number of nitrogens with zero attached hydrogens (tertiary/aromatic N) is 8. The summed E-state index contributed by atoms with van der Waals surface area (Å²) in [5, 5.41) is 30.8. The van der Waals surface area contributed by atoms with E-state index < -0.39 is 152 Å². The van der Waals surface area contributed by atoms with E-state index in [-0.39, 0.29) is 71.2 Å². The van der Waals surface area contributed by atoms with Gasteiger partial charge in [-0.2, -0.15) is 26.3 Å². The highest BCUT2D eigenvalue weighted by Crippen LogP contribution is 2.38. The number of hydrogen-bond acceptors (Lipinski definition) is 16. The van der Waals surface area contributed by atoms with Gasteiger partial charge in [-0.25, -0.2) is 37.5 Å².